The van der Waals surface area contributed by atoms with E-state index in [0.717, 1.165) is 5.56 Å². The molecule has 0 amide bonds. The second kappa shape index (κ2) is 5.06. The molecule has 1 atom stereocenters. The zero-order chi connectivity index (χ0) is 16.0. The molecule has 1 aromatic heterocycles. The van der Waals surface area contributed by atoms with Crippen molar-refractivity contribution in [3.63, 3.8) is 0 Å². The quantitative estimate of drug-likeness (QED) is 0.834. The lowest BCUT2D eigenvalue weighted by Gasteiger charge is -2.34. The van der Waals surface area contributed by atoms with E-state index >= 15 is 0 Å². The van der Waals surface area contributed by atoms with Crippen LogP contribution in [0.1, 0.15) is 17.2 Å². The highest BCUT2D eigenvalue weighted by Gasteiger charge is 2.34. The molecule has 1 aromatic carbocycles. The molecular weight excluding hydrogens is 318 g/mol. The van der Waals surface area contributed by atoms with Gasteiger partial charge in [0.15, 0.2) is 0 Å². The van der Waals surface area contributed by atoms with E-state index in [1.54, 1.807) is 41.6 Å². The molecule has 8 heteroatoms. The Bertz CT molecular complexity index is 1000. The summed E-state index contributed by atoms with van der Waals surface area (Å²) in [6.07, 6.45) is 5.13. The molecule has 7 nitrogen and oxygen atoms in total. The third-order valence-electron chi connectivity index (χ3n) is 3.64. The normalized spacial score (nSPS) is 18.4. The number of fused-ring (bicyclic) bond motifs is 2. The minimum Gasteiger partial charge on any atom is -0.305 e. The third-order valence-corrected chi connectivity index (χ3v) is 3.88. The Balaban J connectivity index is 2.03. The van der Waals surface area contributed by atoms with Crippen LogP contribution < -0.4 is 11.2 Å². The number of aromatic nitrogens is 2. The number of nitrogens with zero attached hydrogens (tertiary/aromatic N) is 3. The number of allylic oxidation sites excluding steroid dienone is 1. The van der Waals surface area contributed by atoms with Gasteiger partial charge in [-0.15, -0.1) is 0 Å². The van der Waals surface area contributed by atoms with Crippen LogP contribution in [-0.2, 0) is 0 Å². The summed E-state index contributed by atoms with van der Waals surface area (Å²) in [5, 5.41) is 0.554. The number of halogens is 1. The number of rotatable bonds is 1. The molecule has 4 rings (SSSR count). The van der Waals surface area contributed by atoms with Gasteiger partial charge in [-0.25, -0.2) is 9.79 Å². The van der Waals surface area contributed by atoms with E-state index in [-0.39, 0.29) is 5.82 Å². The lowest BCUT2D eigenvalue weighted by molar-refractivity contribution is 0.451. The molecule has 23 heavy (non-hydrogen) atoms. The number of guanidine groups is 1. The molecule has 114 valence electrons. The highest BCUT2D eigenvalue weighted by atomic mass is 35.5. The van der Waals surface area contributed by atoms with Gasteiger partial charge in [-0.3, -0.25) is 14.8 Å². The second-order valence-electron chi connectivity index (χ2n) is 5.07. The third kappa shape index (κ3) is 2.22. The van der Waals surface area contributed by atoms with Crippen molar-refractivity contribution in [3.05, 3.63) is 73.5 Å². The van der Waals surface area contributed by atoms with E-state index < -0.39 is 17.3 Å². The number of nitrogens with one attached hydrogen (secondary N) is 2. The number of H-pyrrole nitrogens is 2. The molecule has 0 saturated carbocycles. The van der Waals surface area contributed by atoms with Crippen molar-refractivity contribution in [3.8, 4) is 0 Å². The number of hydrogen-bond donors (Lipinski definition) is 2. The van der Waals surface area contributed by atoms with Gasteiger partial charge in [-0.05, 0) is 23.8 Å². The van der Waals surface area contributed by atoms with Crippen LogP contribution >= 0.6 is 11.6 Å². The Labute approximate surface area is 134 Å². The van der Waals surface area contributed by atoms with Crippen LogP contribution in [0.2, 0.25) is 5.02 Å². The van der Waals surface area contributed by atoms with Gasteiger partial charge in [0.1, 0.15) is 5.82 Å². The molecule has 0 saturated heterocycles. The summed E-state index contributed by atoms with van der Waals surface area (Å²) in [7, 11) is 0. The molecule has 0 aliphatic carbocycles. The molecule has 2 aliphatic rings. The summed E-state index contributed by atoms with van der Waals surface area (Å²) in [6, 6.07) is 6.71. The summed E-state index contributed by atoms with van der Waals surface area (Å²) in [5.41, 5.74) is 0.0500. The van der Waals surface area contributed by atoms with Crippen LogP contribution in [0.4, 0.5) is 5.82 Å². The molecule has 0 spiro atoms. The Morgan fingerprint density at radius 2 is 2.09 bits per heavy atom. The van der Waals surface area contributed by atoms with Crippen LogP contribution in [0.15, 0.2) is 56.1 Å². The SMILES string of the molecule is O=c1[nH]c2c(c(=O)[nH]1)C(c1cccc(Cl)c1)N1C=CC=NC1=N2. The van der Waals surface area contributed by atoms with Crippen LogP contribution in [0.5, 0.6) is 0 Å². The molecule has 3 heterocycles. The molecule has 2 N–H and O–H groups in total. The molecule has 0 fully saturated rings. The van der Waals surface area contributed by atoms with Gasteiger partial charge < -0.3 is 4.90 Å². The first-order valence-electron chi connectivity index (χ1n) is 6.83. The van der Waals surface area contributed by atoms with Gasteiger partial charge in [-0.2, -0.15) is 4.99 Å². The predicted octanol–water partition coefficient (Wildman–Crippen LogP) is 1.71. The van der Waals surface area contributed by atoms with E-state index in [1.807, 2.05) is 6.07 Å². The molecule has 2 aliphatic heterocycles. The van der Waals surface area contributed by atoms with Crippen molar-refractivity contribution in [1.29, 1.82) is 0 Å². The van der Waals surface area contributed by atoms with E-state index in [0.29, 0.717) is 16.5 Å². The second-order valence-corrected chi connectivity index (χ2v) is 5.50. The standard InChI is InChI=1S/C15H10ClN5O2/c16-9-4-1-3-8(7-9)11-10-12(19-15(23)20-13(10)22)18-14-17-5-2-6-21(11)14/h1-7,11H,(H2,19,20,22,23). The van der Waals surface area contributed by atoms with Gasteiger partial charge in [0.2, 0.25) is 5.96 Å². The van der Waals surface area contributed by atoms with Crippen LogP contribution in [0, 0.1) is 0 Å². The van der Waals surface area contributed by atoms with Crippen molar-refractivity contribution in [2.24, 2.45) is 9.98 Å². The van der Waals surface area contributed by atoms with Gasteiger partial charge in [0, 0.05) is 17.4 Å². The van der Waals surface area contributed by atoms with Gasteiger partial charge in [0.05, 0.1) is 11.6 Å². The zero-order valence-corrected chi connectivity index (χ0v) is 12.4. The smallest absolute Gasteiger partial charge is 0.305 e. The lowest BCUT2D eigenvalue weighted by Crippen LogP contribution is -2.39. The highest BCUT2D eigenvalue weighted by molar-refractivity contribution is 6.30. The fourth-order valence-electron chi connectivity index (χ4n) is 2.73. The lowest BCUT2D eigenvalue weighted by atomic mass is 9.97. The summed E-state index contributed by atoms with van der Waals surface area (Å²) in [6.45, 7) is 0. The van der Waals surface area contributed by atoms with Crippen LogP contribution in [0.3, 0.4) is 0 Å². The van der Waals surface area contributed by atoms with Crippen LogP contribution in [-0.4, -0.2) is 27.0 Å². The average Bonchev–Trinajstić information content (AvgIpc) is 2.52. The average molecular weight is 328 g/mol. The molecule has 1 unspecified atom stereocenters. The Morgan fingerprint density at radius 1 is 1.22 bits per heavy atom. The Morgan fingerprint density at radius 3 is 2.91 bits per heavy atom. The summed E-state index contributed by atoms with van der Waals surface area (Å²) in [4.78, 5) is 39.0. The minimum absolute atomic E-state index is 0.211. The number of aliphatic imine (C=N–C) groups is 2. The maximum atomic E-state index is 12.4. The number of benzene rings is 1. The first kappa shape index (κ1) is 13.7. The first-order chi connectivity index (χ1) is 11.1. The first-order valence-corrected chi connectivity index (χ1v) is 7.21. The molecule has 0 bridgehead atoms. The van der Waals surface area contributed by atoms with Gasteiger partial charge >= 0.3 is 5.69 Å². The Kier molecular flexibility index (Phi) is 3.02. The van der Waals surface area contributed by atoms with Gasteiger partial charge in [-0.1, -0.05) is 23.7 Å². The topological polar surface area (TPSA) is 93.7 Å². The van der Waals surface area contributed by atoms with E-state index in [9.17, 15) is 9.59 Å². The van der Waals surface area contributed by atoms with Crippen molar-refractivity contribution >= 4 is 29.6 Å². The monoisotopic (exact) mass is 327 g/mol. The number of hydrogen-bond acceptors (Lipinski definition) is 5. The van der Waals surface area contributed by atoms with Crippen molar-refractivity contribution in [2.45, 2.75) is 6.04 Å². The highest BCUT2D eigenvalue weighted by Crippen LogP contribution is 2.37. The van der Waals surface area contributed by atoms with Crippen molar-refractivity contribution < 1.29 is 0 Å². The summed E-state index contributed by atoms with van der Waals surface area (Å²) in [5.74, 6) is 0.605. The van der Waals surface area contributed by atoms with E-state index in [2.05, 4.69) is 20.0 Å². The maximum Gasteiger partial charge on any atom is 0.327 e. The fourth-order valence-corrected chi connectivity index (χ4v) is 2.93. The predicted molar refractivity (Wildman–Crippen MR) is 87.5 cm³/mol. The Hall–Kier alpha value is -2.93. The maximum absolute atomic E-state index is 12.4. The summed E-state index contributed by atoms with van der Waals surface area (Å²) < 4.78 is 0. The number of aromatic amines is 2. The van der Waals surface area contributed by atoms with E-state index in [1.165, 1.54) is 0 Å². The van der Waals surface area contributed by atoms with E-state index in [4.69, 9.17) is 11.6 Å². The molecular formula is C15H10ClN5O2. The van der Waals surface area contributed by atoms with Crippen molar-refractivity contribution in [2.75, 3.05) is 0 Å². The molecule has 2 aromatic rings. The fraction of sp³-hybridized carbons (Fsp3) is 0.0667. The van der Waals surface area contributed by atoms with Crippen molar-refractivity contribution in [1.82, 2.24) is 14.9 Å². The zero-order valence-electron chi connectivity index (χ0n) is 11.7. The summed E-state index contributed by atoms with van der Waals surface area (Å²) >= 11 is 6.09. The van der Waals surface area contributed by atoms with Crippen LogP contribution in [0.25, 0.3) is 0 Å². The molecule has 0 radical (unpaired) electrons. The largest absolute Gasteiger partial charge is 0.327 e. The van der Waals surface area contributed by atoms with Gasteiger partial charge in [0.25, 0.3) is 5.56 Å². The minimum atomic E-state index is -0.605.